The minimum absolute atomic E-state index is 0.0415. The van der Waals surface area contributed by atoms with Gasteiger partial charge in [0, 0.05) is 4.47 Å². The number of benzene rings is 2. The zero-order valence-electron chi connectivity index (χ0n) is 11.2. The Morgan fingerprint density at radius 1 is 1.05 bits per heavy atom. The monoisotopic (exact) mass is 416 g/mol. The normalized spacial score (nSPS) is 10.3. The van der Waals surface area contributed by atoms with E-state index in [9.17, 15) is 9.18 Å². The maximum atomic E-state index is 14.0. The molecule has 0 amide bonds. The van der Waals surface area contributed by atoms with Crippen LogP contribution in [0.5, 0.6) is 11.5 Å². The van der Waals surface area contributed by atoms with E-state index in [0.29, 0.717) is 20.4 Å². The summed E-state index contributed by atoms with van der Waals surface area (Å²) in [7, 11) is 2.93. The van der Waals surface area contributed by atoms with Crippen molar-refractivity contribution in [2.45, 2.75) is 0 Å². The van der Waals surface area contributed by atoms with Crippen molar-refractivity contribution in [3.8, 4) is 11.5 Å². The third-order valence-corrected chi connectivity index (χ3v) is 4.19. The molecule has 0 aliphatic rings. The fraction of sp³-hybridized carbons (Fsp3) is 0.133. The second-order valence-electron chi connectivity index (χ2n) is 4.11. The van der Waals surface area contributed by atoms with E-state index >= 15 is 0 Å². The van der Waals surface area contributed by atoms with Gasteiger partial charge in [-0.25, -0.2) is 4.39 Å². The van der Waals surface area contributed by atoms with Gasteiger partial charge in [0.2, 0.25) is 5.78 Å². The number of hydrogen-bond donors (Lipinski definition) is 0. The molecule has 0 saturated heterocycles. The average molecular weight is 418 g/mol. The fourth-order valence-electron chi connectivity index (χ4n) is 1.89. The molecule has 2 aromatic carbocycles. The summed E-state index contributed by atoms with van der Waals surface area (Å²) in [6, 6.07) is 7.50. The zero-order valence-corrected chi connectivity index (χ0v) is 14.4. The van der Waals surface area contributed by atoms with E-state index in [2.05, 4.69) is 31.9 Å². The van der Waals surface area contributed by atoms with Crippen LogP contribution in [-0.2, 0) is 0 Å². The van der Waals surface area contributed by atoms with E-state index in [0.717, 1.165) is 0 Å². The van der Waals surface area contributed by atoms with Crippen molar-refractivity contribution in [3.63, 3.8) is 0 Å². The fourth-order valence-corrected chi connectivity index (χ4v) is 2.89. The zero-order chi connectivity index (χ0) is 15.6. The van der Waals surface area contributed by atoms with Crippen LogP contribution in [-0.4, -0.2) is 20.0 Å². The first-order chi connectivity index (χ1) is 9.99. The quantitative estimate of drug-likeness (QED) is 0.682. The first-order valence-electron chi connectivity index (χ1n) is 5.89. The molecule has 0 atom stereocenters. The van der Waals surface area contributed by atoms with Crippen LogP contribution in [0, 0.1) is 5.82 Å². The van der Waals surface area contributed by atoms with Crippen LogP contribution in [0.4, 0.5) is 4.39 Å². The van der Waals surface area contributed by atoms with E-state index in [1.54, 1.807) is 12.1 Å². The standard InChI is InChI=1S/C15H11Br2FO3/c1-20-12-7-10(17)13(21-2)6-8(12)15(19)14-9(16)4-3-5-11(14)18/h3-7H,1-2H3. The van der Waals surface area contributed by atoms with Crippen LogP contribution in [0.25, 0.3) is 0 Å². The highest BCUT2D eigenvalue weighted by atomic mass is 79.9. The van der Waals surface area contributed by atoms with E-state index in [1.807, 2.05) is 0 Å². The molecular weight excluding hydrogens is 407 g/mol. The van der Waals surface area contributed by atoms with Crippen LogP contribution in [0.3, 0.4) is 0 Å². The van der Waals surface area contributed by atoms with Gasteiger partial charge in [0.05, 0.1) is 29.8 Å². The second kappa shape index (κ2) is 6.58. The van der Waals surface area contributed by atoms with Crippen molar-refractivity contribution >= 4 is 37.6 Å². The second-order valence-corrected chi connectivity index (χ2v) is 5.82. The van der Waals surface area contributed by atoms with Gasteiger partial charge in [-0.1, -0.05) is 6.07 Å². The highest BCUT2D eigenvalue weighted by molar-refractivity contribution is 9.10. The molecular formula is C15H11Br2FO3. The maximum absolute atomic E-state index is 14.0. The number of halogens is 3. The Kier molecular flexibility index (Phi) is 5.00. The molecule has 0 heterocycles. The molecule has 2 aromatic rings. The predicted octanol–water partition coefficient (Wildman–Crippen LogP) is 4.60. The number of methoxy groups -OCH3 is 2. The summed E-state index contributed by atoms with van der Waals surface area (Å²) in [6.45, 7) is 0. The van der Waals surface area contributed by atoms with Gasteiger partial charge in [-0.05, 0) is 56.1 Å². The molecule has 6 heteroatoms. The van der Waals surface area contributed by atoms with Crippen molar-refractivity contribution in [1.82, 2.24) is 0 Å². The first-order valence-corrected chi connectivity index (χ1v) is 7.48. The molecule has 0 radical (unpaired) electrons. The van der Waals surface area contributed by atoms with Crippen LogP contribution in [0.2, 0.25) is 0 Å². The number of rotatable bonds is 4. The van der Waals surface area contributed by atoms with Gasteiger partial charge in [-0.2, -0.15) is 0 Å². The Hall–Kier alpha value is -1.40. The van der Waals surface area contributed by atoms with Gasteiger partial charge in [-0.15, -0.1) is 0 Å². The van der Waals surface area contributed by atoms with Gasteiger partial charge >= 0.3 is 0 Å². The third-order valence-electron chi connectivity index (χ3n) is 2.91. The van der Waals surface area contributed by atoms with Crippen molar-refractivity contribution in [3.05, 3.63) is 56.2 Å². The Labute approximate surface area is 138 Å². The summed E-state index contributed by atoms with van der Waals surface area (Å²) in [5.41, 5.74) is 0.184. The van der Waals surface area contributed by atoms with E-state index in [1.165, 1.54) is 32.4 Å². The lowest BCUT2D eigenvalue weighted by Gasteiger charge is -2.12. The summed E-state index contributed by atoms with van der Waals surface area (Å²) < 4.78 is 25.4. The summed E-state index contributed by atoms with van der Waals surface area (Å²) in [4.78, 5) is 12.6. The van der Waals surface area contributed by atoms with Gasteiger partial charge in [0.25, 0.3) is 0 Å². The number of ether oxygens (including phenoxy) is 2. The molecule has 0 saturated carbocycles. The van der Waals surface area contributed by atoms with E-state index in [4.69, 9.17) is 9.47 Å². The van der Waals surface area contributed by atoms with Crippen molar-refractivity contribution in [2.75, 3.05) is 14.2 Å². The summed E-state index contributed by atoms with van der Waals surface area (Å²) in [6.07, 6.45) is 0. The Bertz CT molecular complexity index is 681. The minimum Gasteiger partial charge on any atom is -0.496 e. The number of carbonyl (C=O) groups excluding carboxylic acids is 1. The molecule has 0 fully saturated rings. The van der Waals surface area contributed by atoms with Gasteiger partial charge in [-0.3, -0.25) is 4.79 Å². The molecule has 2 rings (SSSR count). The number of hydrogen-bond acceptors (Lipinski definition) is 3. The summed E-state index contributed by atoms with van der Waals surface area (Å²) in [5, 5.41) is 0. The molecule has 0 aliphatic carbocycles. The van der Waals surface area contributed by atoms with E-state index in [-0.39, 0.29) is 11.1 Å². The Morgan fingerprint density at radius 2 is 1.71 bits per heavy atom. The third kappa shape index (κ3) is 3.11. The topological polar surface area (TPSA) is 35.5 Å². The highest BCUT2D eigenvalue weighted by Gasteiger charge is 2.22. The molecule has 0 aliphatic heterocycles. The van der Waals surface area contributed by atoms with Gasteiger partial charge in [0.15, 0.2) is 0 Å². The molecule has 21 heavy (non-hydrogen) atoms. The van der Waals surface area contributed by atoms with Gasteiger partial charge < -0.3 is 9.47 Å². The molecule has 0 spiro atoms. The minimum atomic E-state index is -0.599. The highest BCUT2D eigenvalue weighted by Crippen LogP contribution is 2.35. The summed E-state index contributed by atoms with van der Waals surface area (Å²) >= 11 is 6.52. The molecule has 0 unspecified atom stereocenters. The molecule has 110 valence electrons. The summed E-state index contributed by atoms with van der Waals surface area (Å²) in [5.74, 6) is -0.282. The number of carbonyl (C=O) groups is 1. The molecule has 3 nitrogen and oxygen atoms in total. The number of ketones is 1. The lowest BCUT2D eigenvalue weighted by molar-refractivity contribution is 0.103. The van der Waals surface area contributed by atoms with Gasteiger partial charge in [0.1, 0.15) is 17.3 Å². The van der Waals surface area contributed by atoms with E-state index < -0.39 is 11.6 Å². The van der Waals surface area contributed by atoms with Crippen molar-refractivity contribution < 1.29 is 18.7 Å². The average Bonchev–Trinajstić information content (AvgIpc) is 2.46. The van der Waals surface area contributed by atoms with Crippen LogP contribution >= 0.6 is 31.9 Å². The maximum Gasteiger partial charge on any atom is 0.200 e. The van der Waals surface area contributed by atoms with Crippen LogP contribution in [0.1, 0.15) is 15.9 Å². The van der Waals surface area contributed by atoms with Crippen molar-refractivity contribution in [2.24, 2.45) is 0 Å². The Balaban J connectivity index is 2.63. The first kappa shape index (κ1) is 16.0. The molecule has 0 bridgehead atoms. The lowest BCUT2D eigenvalue weighted by Crippen LogP contribution is -2.08. The predicted molar refractivity (Wildman–Crippen MR) is 84.8 cm³/mol. The van der Waals surface area contributed by atoms with Crippen LogP contribution in [0.15, 0.2) is 39.3 Å². The van der Waals surface area contributed by atoms with Crippen LogP contribution < -0.4 is 9.47 Å². The molecule has 0 N–H and O–H groups in total. The SMILES string of the molecule is COc1cc(C(=O)c2c(F)cccc2Br)c(OC)cc1Br. The van der Waals surface area contributed by atoms with Crippen molar-refractivity contribution in [1.29, 1.82) is 0 Å². The largest absolute Gasteiger partial charge is 0.496 e. The lowest BCUT2D eigenvalue weighted by atomic mass is 10.0. The molecule has 0 aromatic heterocycles. The smallest absolute Gasteiger partial charge is 0.200 e. The Morgan fingerprint density at radius 3 is 2.29 bits per heavy atom.